The van der Waals surface area contributed by atoms with Crippen molar-refractivity contribution >= 4 is 0 Å². The maximum absolute atomic E-state index is 8.40. The molecule has 0 spiro atoms. The fourth-order valence-electron chi connectivity index (χ4n) is 1.55. The summed E-state index contributed by atoms with van der Waals surface area (Å²) in [7, 11) is 0. The smallest absolute Gasteiger partial charge is 0.227 e. The zero-order chi connectivity index (χ0) is 13.3. The van der Waals surface area contributed by atoms with Crippen molar-refractivity contribution in [2.75, 3.05) is 13.2 Å². The normalized spacial score (nSPS) is 10.1. The van der Waals surface area contributed by atoms with Crippen LogP contribution < -0.4 is 10.1 Å². The van der Waals surface area contributed by atoms with E-state index < -0.39 is 0 Å². The largest absolute Gasteiger partial charge is 0.479 e. The SMILES string of the molecule is N#CCOc1ccc(CNCCc2ncno2)cc1. The molecule has 19 heavy (non-hydrogen) atoms. The summed E-state index contributed by atoms with van der Waals surface area (Å²) in [6.07, 6.45) is 2.11. The summed E-state index contributed by atoms with van der Waals surface area (Å²) in [5, 5.41) is 15.2. The van der Waals surface area contributed by atoms with Gasteiger partial charge in [0, 0.05) is 19.5 Å². The third-order valence-electron chi connectivity index (χ3n) is 2.48. The highest BCUT2D eigenvalue weighted by atomic mass is 16.5. The maximum Gasteiger partial charge on any atom is 0.227 e. The van der Waals surface area contributed by atoms with Gasteiger partial charge in [-0.3, -0.25) is 0 Å². The zero-order valence-electron chi connectivity index (χ0n) is 10.4. The molecule has 0 saturated carbocycles. The average Bonchev–Trinajstić information content (AvgIpc) is 2.96. The first-order valence-corrected chi connectivity index (χ1v) is 5.93. The predicted molar refractivity (Wildman–Crippen MR) is 67.3 cm³/mol. The molecule has 2 rings (SSSR count). The molecule has 6 nitrogen and oxygen atoms in total. The van der Waals surface area contributed by atoms with Crippen molar-refractivity contribution in [3.8, 4) is 11.8 Å². The van der Waals surface area contributed by atoms with E-state index in [0.717, 1.165) is 18.7 Å². The molecular weight excluding hydrogens is 244 g/mol. The highest BCUT2D eigenvalue weighted by Gasteiger charge is 1.99. The van der Waals surface area contributed by atoms with Gasteiger partial charge in [0.2, 0.25) is 5.89 Å². The Morgan fingerprint density at radius 3 is 2.84 bits per heavy atom. The lowest BCUT2D eigenvalue weighted by atomic mass is 10.2. The standard InChI is InChI=1S/C13H14N4O2/c14-6-8-18-12-3-1-11(2-4-12)9-15-7-5-13-16-10-17-19-13/h1-4,10,15H,5,7-9H2. The van der Waals surface area contributed by atoms with E-state index in [1.807, 2.05) is 30.3 Å². The predicted octanol–water partition coefficient (Wildman–Crippen LogP) is 1.30. The summed E-state index contributed by atoms with van der Waals surface area (Å²) >= 11 is 0. The average molecular weight is 258 g/mol. The molecule has 1 aromatic heterocycles. The van der Waals surface area contributed by atoms with Gasteiger partial charge in [-0.1, -0.05) is 17.3 Å². The van der Waals surface area contributed by atoms with Crippen LogP contribution in [0, 0.1) is 11.3 Å². The minimum absolute atomic E-state index is 0.0712. The van der Waals surface area contributed by atoms with Crippen LogP contribution in [-0.4, -0.2) is 23.3 Å². The molecule has 6 heteroatoms. The van der Waals surface area contributed by atoms with Crippen molar-refractivity contribution in [1.82, 2.24) is 15.5 Å². The molecule has 0 fully saturated rings. The highest BCUT2D eigenvalue weighted by molar-refractivity contribution is 5.27. The van der Waals surface area contributed by atoms with Crippen LogP contribution in [0.15, 0.2) is 35.1 Å². The molecule has 98 valence electrons. The van der Waals surface area contributed by atoms with E-state index in [1.165, 1.54) is 6.33 Å². The molecule has 0 amide bonds. The zero-order valence-corrected chi connectivity index (χ0v) is 10.4. The molecule has 1 heterocycles. The minimum Gasteiger partial charge on any atom is -0.479 e. The number of rotatable bonds is 7. The Morgan fingerprint density at radius 1 is 1.32 bits per heavy atom. The first-order chi connectivity index (χ1) is 9.38. The fourth-order valence-corrected chi connectivity index (χ4v) is 1.55. The van der Waals surface area contributed by atoms with Crippen LogP contribution in [0.1, 0.15) is 11.5 Å². The Labute approximate surface area is 111 Å². The second-order valence-electron chi connectivity index (χ2n) is 3.85. The number of benzene rings is 1. The lowest BCUT2D eigenvalue weighted by Crippen LogP contribution is -2.16. The molecule has 0 aliphatic heterocycles. The van der Waals surface area contributed by atoms with Crippen LogP contribution in [-0.2, 0) is 13.0 Å². The van der Waals surface area contributed by atoms with Gasteiger partial charge >= 0.3 is 0 Å². The molecule has 0 unspecified atom stereocenters. The van der Waals surface area contributed by atoms with Crippen molar-refractivity contribution in [1.29, 1.82) is 5.26 Å². The maximum atomic E-state index is 8.40. The monoisotopic (exact) mass is 258 g/mol. The summed E-state index contributed by atoms with van der Waals surface area (Å²) in [4.78, 5) is 3.94. The lowest BCUT2D eigenvalue weighted by molar-refractivity contribution is 0.368. The van der Waals surface area contributed by atoms with Crippen molar-refractivity contribution < 1.29 is 9.26 Å². The van der Waals surface area contributed by atoms with Gasteiger partial charge < -0.3 is 14.6 Å². The molecule has 0 radical (unpaired) electrons. The summed E-state index contributed by atoms with van der Waals surface area (Å²) in [6, 6.07) is 9.57. The topological polar surface area (TPSA) is 84.0 Å². The van der Waals surface area contributed by atoms with E-state index in [0.29, 0.717) is 18.1 Å². The second-order valence-corrected chi connectivity index (χ2v) is 3.85. The number of hydrogen-bond donors (Lipinski definition) is 1. The number of hydrogen-bond acceptors (Lipinski definition) is 6. The summed E-state index contributed by atoms with van der Waals surface area (Å²) in [5.74, 6) is 1.34. The molecular formula is C13H14N4O2. The Morgan fingerprint density at radius 2 is 2.16 bits per heavy atom. The summed E-state index contributed by atoms with van der Waals surface area (Å²) in [5.41, 5.74) is 1.15. The van der Waals surface area contributed by atoms with Crippen LogP contribution in [0.25, 0.3) is 0 Å². The summed E-state index contributed by atoms with van der Waals surface area (Å²) in [6.45, 7) is 1.60. The Balaban J connectivity index is 1.69. The van der Waals surface area contributed by atoms with Gasteiger partial charge in [-0.05, 0) is 17.7 Å². The van der Waals surface area contributed by atoms with Crippen molar-refractivity contribution in [2.24, 2.45) is 0 Å². The van der Waals surface area contributed by atoms with Gasteiger partial charge in [-0.15, -0.1) is 0 Å². The van der Waals surface area contributed by atoms with Gasteiger partial charge in [-0.25, -0.2) is 0 Å². The number of nitrogens with one attached hydrogen (secondary N) is 1. The third kappa shape index (κ3) is 4.41. The lowest BCUT2D eigenvalue weighted by Gasteiger charge is -2.05. The van der Waals surface area contributed by atoms with Gasteiger partial charge in [0.25, 0.3) is 0 Å². The quantitative estimate of drug-likeness (QED) is 0.754. The third-order valence-corrected chi connectivity index (χ3v) is 2.48. The molecule has 0 saturated heterocycles. The Bertz CT molecular complexity index is 517. The van der Waals surface area contributed by atoms with Crippen molar-refractivity contribution in [2.45, 2.75) is 13.0 Å². The molecule has 0 bridgehead atoms. The first kappa shape index (κ1) is 13.1. The van der Waals surface area contributed by atoms with Gasteiger partial charge in [0.1, 0.15) is 11.8 Å². The van der Waals surface area contributed by atoms with E-state index >= 15 is 0 Å². The molecule has 1 N–H and O–H groups in total. The highest BCUT2D eigenvalue weighted by Crippen LogP contribution is 2.11. The molecule has 0 aliphatic carbocycles. The van der Waals surface area contributed by atoms with E-state index in [9.17, 15) is 0 Å². The van der Waals surface area contributed by atoms with Crippen LogP contribution in [0.2, 0.25) is 0 Å². The Kier molecular flexibility index (Phi) is 4.90. The molecule has 0 aliphatic rings. The van der Waals surface area contributed by atoms with Crippen LogP contribution in [0.5, 0.6) is 5.75 Å². The molecule has 1 aromatic carbocycles. The minimum atomic E-state index is 0.0712. The number of ether oxygens (including phenoxy) is 1. The van der Waals surface area contributed by atoms with Gasteiger partial charge in [0.05, 0.1) is 0 Å². The molecule has 0 atom stereocenters. The van der Waals surface area contributed by atoms with E-state index in [-0.39, 0.29) is 6.61 Å². The van der Waals surface area contributed by atoms with E-state index in [2.05, 4.69) is 15.5 Å². The fraction of sp³-hybridized carbons (Fsp3) is 0.308. The Hall–Kier alpha value is -2.39. The number of nitriles is 1. The van der Waals surface area contributed by atoms with Crippen LogP contribution in [0.3, 0.4) is 0 Å². The molecule has 2 aromatic rings. The van der Waals surface area contributed by atoms with Crippen molar-refractivity contribution in [3.63, 3.8) is 0 Å². The van der Waals surface area contributed by atoms with Crippen LogP contribution in [0.4, 0.5) is 0 Å². The summed E-state index contributed by atoms with van der Waals surface area (Å²) < 4.78 is 10.1. The number of aromatic nitrogens is 2. The van der Waals surface area contributed by atoms with Gasteiger partial charge in [-0.2, -0.15) is 10.2 Å². The van der Waals surface area contributed by atoms with E-state index in [4.69, 9.17) is 14.5 Å². The number of nitrogens with zero attached hydrogens (tertiary/aromatic N) is 3. The van der Waals surface area contributed by atoms with E-state index in [1.54, 1.807) is 0 Å². The van der Waals surface area contributed by atoms with Crippen molar-refractivity contribution in [3.05, 3.63) is 42.0 Å². The second kappa shape index (κ2) is 7.13. The first-order valence-electron chi connectivity index (χ1n) is 5.93. The van der Waals surface area contributed by atoms with Gasteiger partial charge in [0.15, 0.2) is 12.9 Å². The van der Waals surface area contributed by atoms with Crippen LogP contribution >= 0.6 is 0 Å².